The van der Waals surface area contributed by atoms with Crippen molar-refractivity contribution in [1.82, 2.24) is 30.2 Å². The summed E-state index contributed by atoms with van der Waals surface area (Å²) in [6, 6.07) is 7.27. The van der Waals surface area contributed by atoms with Crippen molar-refractivity contribution in [2.24, 2.45) is 0 Å². The summed E-state index contributed by atoms with van der Waals surface area (Å²) in [5.74, 6) is -0.346. The number of anilines is 1. The Hall–Kier alpha value is -3.03. The van der Waals surface area contributed by atoms with Gasteiger partial charge in [0.1, 0.15) is 12.7 Å². The first-order valence-corrected chi connectivity index (χ1v) is 5.46. The lowest BCUT2D eigenvalue weighted by molar-refractivity contribution is 0.102. The fourth-order valence-electron chi connectivity index (χ4n) is 1.61. The minimum absolute atomic E-state index is 0.216. The van der Waals surface area contributed by atoms with Crippen LogP contribution in [-0.2, 0) is 0 Å². The van der Waals surface area contributed by atoms with Crippen LogP contribution in [0.3, 0.4) is 0 Å². The number of amides is 1. The van der Waals surface area contributed by atoms with E-state index in [4.69, 9.17) is 0 Å². The van der Waals surface area contributed by atoms with Crippen LogP contribution in [0.4, 0.5) is 5.69 Å². The van der Waals surface area contributed by atoms with Gasteiger partial charge in [-0.2, -0.15) is 20.5 Å². The molecule has 1 aromatic carbocycles. The van der Waals surface area contributed by atoms with E-state index in [2.05, 4.69) is 30.8 Å². The van der Waals surface area contributed by atoms with Gasteiger partial charge in [-0.1, -0.05) is 12.1 Å². The maximum atomic E-state index is 11.9. The van der Waals surface area contributed by atoms with Crippen LogP contribution in [0.2, 0.25) is 0 Å². The fourth-order valence-corrected chi connectivity index (χ4v) is 1.61. The van der Waals surface area contributed by atoms with E-state index in [9.17, 15) is 4.79 Å². The van der Waals surface area contributed by atoms with Crippen LogP contribution in [0.5, 0.6) is 0 Å². The van der Waals surface area contributed by atoms with E-state index in [0.29, 0.717) is 5.69 Å². The first-order valence-electron chi connectivity index (χ1n) is 5.46. The molecule has 0 radical (unpaired) electrons. The van der Waals surface area contributed by atoms with Gasteiger partial charge in [-0.3, -0.25) is 4.79 Å². The molecule has 19 heavy (non-hydrogen) atoms. The Labute approximate surface area is 107 Å². The third kappa shape index (κ3) is 2.18. The molecule has 0 fully saturated rings. The second kappa shape index (κ2) is 4.69. The van der Waals surface area contributed by atoms with Gasteiger partial charge in [-0.05, 0) is 12.1 Å². The fraction of sp³-hybridized carbons (Fsp3) is 0. The zero-order valence-electron chi connectivity index (χ0n) is 9.69. The van der Waals surface area contributed by atoms with Gasteiger partial charge in [0.05, 0.1) is 17.6 Å². The second-order valence-electron chi connectivity index (χ2n) is 3.67. The van der Waals surface area contributed by atoms with Crippen LogP contribution in [0.1, 0.15) is 10.5 Å². The zero-order chi connectivity index (χ0) is 13.1. The van der Waals surface area contributed by atoms with E-state index < -0.39 is 0 Å². The Morgan fingerprint density at radius 1 is 1.32 bits per heavy atom. The lowest BCUT2D eigenvalue weighted by Gasteiger charge is -2.09. The minimum atomic E-state index is -0.346. The highest BCUT2D eigenvalue weighted by Crippen LogP contribution is 2.18. The van der Waals surface area contributed by atoms with Gasteiger partial charge in [-0.15, -0.1) is 0 Å². The van der Waals surface area contributed by atoms with Gasteiger partial charge in [0.25, 0.3) is 5.91 Å². The SMILES string of the molecule is O=C(Nc1ccccc1-n1cncn1)c1cn[nH]n1. The Kier molecular flexibility index (Phi) is 2.73. The second-order valence-corrected chi connectivity index (χ2v) is 3.67. The lowest BCUT2D eigenvalue weighted by Crippen LogP contribution is -2.14. The number of H-pyrrole nitrogens is 1. The molecule has 0 aliphatic carbocycles. The predicted octanol–water partition coefficient (Wildman–Crippen LogP) is 0.638. The Balaban J connectivity index is 1.92. The minimum Gasteiger partial charge on any atom is -0.319 e. The van der Waals surface area contributed by atoms with Crippen molar-refractivity contribution in [3.05, 3.63) is 48.8 Å². The molecule has 1 amide bonds. The van der Waals surface area contributed by atoms with Gasteiger partial charge >= 0.3 is 0 Å². The number of aromatic amines is 1. The maximum Gasteiger partial charge on any atom is 0.277 e. The molecular formula is C11H9N7O. The molecule has 8 nitrogen and oxygen atoms in total. The Bertz CT molecular complexity index is 675. The summed E-state index contributed by atoms with van der Waals surface area (Å²) in [5.41, 5.74) is 1.55. The quantitative estimate of drug-likeness (QED) is 0.715. The molecule has 8 heteroatoms. The maximum absolute atomic E-state index is 11.9. The number of nitrogens with zero attached hydrogens (tertiary/aromatic N) is 5. The summed E-state index contributed by atoms with van der Waals surface area (Å²) in [7, 11) is 0. The normalized spacial score (nSPS) is 10.3. The third-order valence-corrected chi connectivity index (χ3v) is 2.47. The van der Waals surface area contributed by atoms with Gasteiger partial charge in [0.15, 0.2) is 5.69 Å². The lowest BCUT2D eigenvalue weighted by atomic mass is 10.2. The van der Waals surface area contributed by atoms with Crippen molar-refractivity contribution >= 4 is 11.6 Å². The van der Waals surface area contributed by atoms with Gasteiger partial charge in [-0.25, -0.2) is 9.67 Å². The van der Waals surface area contributed by atoms with Crippen molar-refractivity contribution < 1.29 is 4.79 Å². The number of para-hydroxylation sites is 2. The molecule has 2 heterocycles. The van der Waals surface area contributed by atoms with E-state index >= 15 is 0 Å². The number of hydrogen-bond acceptors (Lipinski definition) is 5. The number of carbonyl (C=O) groups is 1. The Morgan fingerprint density at radius 3 is 2.95 bits per heavy atom. The standard InChI is InChI=1S/C11H9N7O/c19-11(9-5-13-17-16-9)15-8-3-1-2-4-10(8)18-7-12-6-14-18/h1-7H,(H,15,19)(H,13,16,17). The number of aromatic nitrogens is 6. The van der Waals surface area contributed by atoms with Crippen LogP contribution in [0, 0.1) is 0 Å². The summed E-state index contributed by atoms with van der Waals surface area (Å²) in [6.07, 6.45) is 4.34. The Morgan fingerprint density at radius 2 is 2.21 bits per heavy atom. The molecule has 0 bridgehead atoms. The highest BCUT2D eigenvalue weighted by Gasteiger charge is 2.12. The first kappa shape index (κ1) is 11.1. The largest absolute Gasteiger partial charge is 0.319 e. The van der Waals surface area contributed by atoms with E-state index in [0.717, 1.165) is 5.69 Å². The van der Waals surface area contributed by atoms with E-state index in [1.54, 1.807) is 17.1 Å². The number of nitrogens with one attached hydrogen (secondary N) is 2. The summed E-state index contributed by atoms with van der Waals surface area (Å²) in [5, 5.41) is 16.5. The molecule has 0 aliphatic rings. The molecule has 3 rings (SSSR count). The first-order chi connectivity index (χ1) is 9.34. The van der Waals surface area contributed by atoms with Gasteiger partial charge < -0.3 is 5.32 Å². The highest BCUT2D eigenvalue weighted by molar-refractivity contribution is 6.03. The molecule has 2 aromatic heterocycles. The van der Waals surface area contributed by atoms with Crippen LogP contribution >= 0.6 is 0 Å². The topological polar surface area (TPSA) is 101 Å². The number of hydrogen-bond donors (Lipinski definition) is 2. The molecule has 0 saturated heterocycles. The zero-order valence-corrected chi connectivity index (χ0v) is 9.69. The third-order valence-electron chi connectivity index (χ3n) is 2.47. The monoisotopic (exact) mass is 255 g/mol. The smallest absolute Gasteiger partial charge is 0.277 e. The van der Waals surface area contributed by atoms with Crippen molar-refractivity contribution in [3.63, 3.8) is 0 Å². The highest BCUT2D eigenvalue weighted by atomic mass is 16.2. The summed E-state index contributed by atoms with van der Waals surface area (Å²) in [4.78, 5) is 15.8. The van der Waals surface area contributed by atoms with Gasteiger partial charge in [0.2, 0.25) is 0 Å². The molecule has 0 saturated carbocycles. The predicted molar refractivity (Wildman–Crippen MR) is 65.7 cm³/mol. The van der Waals surface area contributed by atoms with Crippen LogP contribution < -0.4 is 5.32 Å². The van der Waals surface area contributed by atoms with Gasteiger partial charge in [0, 0.05) is 0 Å². The molecule has 0 atom stereocenters. The number of benzene rings is 1. The molecule has 0 spiro atoms. The molecule has 3 aromatic rings. The van der Waals surface area contributed by atoms with Crippen molar-refractivity contribution in [2.75, 3.05) is 5.32 Å². The van der Waals surface area contributed by atoms with E-state index in [1.165, 1.54) is 12.5 Å². The number of carbonyl (C=O) groups excluding carboxylic acids is 1. The van der Waals surface area contributed by atoms with Crippen LogP contribution in [0.15, 0.2) is 43.1 Å². The average molecular weight is 255 g/mol. The molecule has 0 unspecified atom stereocenters. The van der Waals surface area contributed by atoms with Crippen molar-refractivity contribution in [3.8, 4) is 5.69 Å². The molecule has 94 valence electrons. The average Bonchev–Trinajstić information content (AvgIpc) is 3.13. The summed E-state index contributed by atoms with van der Waals surface area (Å²) in [6.45, 7) is 0. The molecule has 2 N–H and O–H groups in total. The van der Waals surface area contributed by atoms with E-state index in [1.807, 2.05) is 18.2 Å². The van der Waals surface area contributed by atoms with Crippen LogP contribution in [0.25, 0.3) is 5.69 Å². The van der Waals surface area contributed by atoms with Crippen LogP contribution in [-0.4, -0.2) is 36.1 Å². The van der Waals surface area contributed by atoms with E-state index in [-0.39, 0.29) is 11.6 Å². The number of rotatable bonds is 3. The summed E-state index contributed by atoms with van der Waals surface area (Å²) < 4.78 is 1.57. The van der Waals surface area contributed by atoms with Crippen molar-refractivity contribution in [2.45, 2.75) is 0 Å². The molecular weight excluding hydrogens is 246 g/mol. The molecule has 0 aliphatic heterocycles. The van der Waals surface area contributed by atoms with Crippen molar-refractivity contribution in [1.29, 1.82) is 0 Å². The summed E-state index contributed by atoms with van der Waals surface area (Å²) >= 11 is 0.